The van der Waals surface area contributed by atoms with E-state index in [0.717, 1.165) is 37.5 Å². The van der Waals surface area contributed by atoms with Crippen molar-refractivity contribution in [3.8, 4) is 0 Å². The lowest BCUT2D eigenvalue weighted by Gasteiger charge is -2.38. The van der Waals surface area contributed by atoms with Crippen LogP contribution in [0, 0.1) is 11.8 Å². The molecule has 2 saturated carbocycles. The van der Waals surface area contributed by atoms with E-state index in [-0.39, 0.29) is 5.25 Å². The fourth-order valence-corrected chi connectivity index (χ4v) is 4.17. The minimum absolute atomic E-state index is 0.126. The molecule has 0 atom stereocenters. The summed E-state index contributed by atoms with van der Waals surface area (Å²) in [4.78, 5) is 0. The Labute approximate surface area is 92.7 Å². The van der Waals surface area contributed by atoms with Crippen LogP contribution in [0.4, 0.5) is 0 Å². The fourth-order valence-electron chi connectivity index (χ4n) is 2.95. The van der Waals surface area contributed by atoms with E-state index in [1.807, 2.05) is 0 Å². The molecule has 4 heteroatoms. The highest BCUT2D eigenvalue weighted by Gasteiger charge is 2.34. The molecule has 0 aliphatic heterocycles. The Morgan fingerprint density at radius 2 is 1.47 bits per heavy atom. The van der Waals surface area contributed by atoms with E-state index in [9.17, 15) is 8.42 Å². The normalized spacial score (nSPS) is 33.7. The lowest BCUT2D eigenvalue weighted by atomic mass is 9.70. The molecule has 0 aromatic heterocycles. The third kappa shape index (κ3) is 2.36. The van der Waals surface area contributed by atoms with Gasteiger partial charge in [-0.25, -0.2) is 13.1 Å². The Balaban J connectivity index is 1.86. The maximum Gasteiger partial charge on any atom is 0.214 e. The van der Waals surface area contributed by atoms with Crippen molar-refractivity contribution < 1.29 is 8.42 Å². The highest BCUT2D eigenvalue weighted by atomic mass is 32.2. The summed E-state index contributed by atoms with van der Waals surface area (Å²) in [6.45, 7) is 0. The Bertz CT molecular complexity index is 301. The van der Waals surface area contributed by atoms with Crippen molar-refractivity contribution in [1.82, 2.24) is 4.72 Å². The SMILES string of the molecule is CNS(=O)(=O)C1CCC(C2CCC2)CC1. The second-order valence-corrected chi connectivity index (χ2v) is 7.14. The van der Waals surface area contributed by atoms with Gasteiger partial charge in [0.15, 0.2) is 0 Å². The summed E-state index contributed by atoms with van der Waals surface area (Å²) in [6.07, 6.45) is 8.13. The first-order valence-electron chi connectivity index (χ1n) is 6.06. The maximum atomic E-state index is 11.6. The van der Waals surface area contributed by atoms with Gasteiger partial charge in [0.2, 0.25) is 10.0 Å². The van der Waals surface area contributed by atoms with Crippen molar-refractivity contribution in [2.75, 3.05) is 7.05 Å². The lowest BCUT2D eigenvalue weighted by molar-refractivity contribution is 0.162. The van der Waals surface area contributed by atoms with Gasteiger partial charge in [0.05, 0.1) is 5.25 Å². The number of hydrogen-bond donors (Lipinski definition) is 1. The van der Waals surface area contributed by atoms with Crippen LogP contribution in [0.3, 0.4) is 0 Å². The second kappa shape index (κ2) is 4.42. The van der Waals surface area contributed by atoms with Gasteiger partial charge in [-0.2, -0.15) is 0 Å². The third-order valence-electron chi connectivity index (χ3n) is 4.26. The van der Waals surface area contributed by atoms with E-state index in [1.165, 1.54) is 26.3 Å². The highest BCUT2D eigenvalue weighted by molar-refractivity contribution is 7.90. The topological polar surface area (TPSA) is 46.2 Å². The largest absolute Gasteiger partial charge is 0.218 e. The van der Waals surface area contributed by atoms with Crippen LogP contribution in [0.15, 0.2) is 0 Å². The molecule has 0 saturated heterocycles. The molecule has 88 valence electrons. The molecule has 0 spiro atoms. The molecule has 2 fully saturated rings. The van der Waals surface area contributed by atoms with Crippen LogP contribution in [0.1, 0.15) is 44.9 Å². The van der Waals surface area contributed by atoms with Gasteiger partial charge < -0.3 is 0 Å². The Morgan fingerprint density at radius 3 is 1.87 bits per heavy atom. The van der Waals surface area contributed by atoms with E-state index in [1.54, 1.807) is 0 Å². The molecule has 2 rings (SSSR count). The number of hydrogen-bond acceptors (Lipinski definition) is 2. The van der Waals surface area contributed by atoms with Crippen LogP contribution in [0.25, 0.3) is 0 Å². The van der Waals surface area contributed by atoms with Crippen LogP contribution < -0.4 is 4.72 Å². The molecular formula is C11H21NO2S. The van der Waals surface area contributed by atoms with Crippen LogP contribution >= 0.6 is 0 Å². The summed E-state index contributed by atoms with van der Waals surface area (Å²) in [5, 5.41) is -0.126. The third-order valence-corrected chi connectivity index (χ3v) is 6.18. The van der Waals surface area contributed by atoms with Crippen molar-refractivity contribution in [2.45, 2.75) is 50.2 Å². The van der Waals surface area contributed by atoms with Gasteiger partial charge in [0.1, 0.15) is 0 Å². The standard InChI is InChI=1S/C11H21NO2S/c1-12-15(13,14)11-7-5-10(6-8-11)9-3-2-4-9/h9-12H,2-8H2,1H3. The summed E-state index contributed by atoms with van der Waals surface area (Å²) in [7, 11) is -1.49. The molecule has 0 unspecified atom stereocenters. The van der Waals surface area contributed by atoms with Crippen molar-refractivity contribution in [2.24, 2.45) is 11.8 Å². The van der Waals surface area contributed by atoms with Crippen LogP contribution in [0.2, 0.25) is 0 Å². The van der Waals surface area contributed by atoms with Gasteiger partial charge in [-0.3, -0.25) is 0 Å². The molecule has 0 radical (unpaired) electrons. The summed E-state index contributed by atoms with van der Waals surface area (Å²) in [6, 6.07) is 0. The summed E-state index contributed by atoms with van der Waals surface area (Å²) < 4.78 is 25.7. The van der Waals surface area contributed by atoms with E-state index >= 15 is 0 Å². The number of sulfonamides is 1. The fraction of sp³-hybridized carbons (Fsp3) is 1.00. The highest BCUT2D eigenvalue weighted by Crippen LogP contribution is 2.41. The molecule has 2 aliphatic carbocycles. The second-order valence-electron chi connectivity index (χ2n) is 4.98. The Kier molecular flexibility index (Phi) is 3.36. The summed E-state index contributed by atoms with van der Waals surface area (Å²) in [5.41, 5.74) is 0. The van der Waals surface area contributed by atoms with Crippen molar-refractivity contribution in [3.63, 3.8) is 0 Å². The quantitative estimate of drug-likeness (QED) is 0.806. The zero-order valence-electron chi connectivity index (χ0n) is 9.41. The van der Waals surface area contributed by atoms with Gasteiger partial charge in [-0.05, 0) is 44.6 Å². The van der Waals surface area contributed by atoms with Crippen LogP contribution in [-0.2, 0) is 10.0 Å². The average Bonchev–Trinajstić information content (AvgIpc) is 2.16. The zero-order valence-corrected chi connectivity index (χ0v) is 10.2. The van der Waals surface area contributed by atoms with Gasteiger partial charge in [0, 0.05) is 0 Å². The first-order valence-corrected chi connectivity index (χ1v) is 7.60. The maximum absolute atomic E-state index is 11.6. The van der Waals surface area contributed by atoms with E-state index in [2.05, 4.69) is 4.72 Å². The first kappa shape index (κ1) is 11.4. The predicted octanol–water partition coefficient (Wildman–Crippen LogP) is 1.89. The molecule has 0 amide bonds. The van der Waals surface area contributed by atoms with Gasteiger partial charge in [-0.1, -0.05) is 19.3 Å². The first-order chi connectivity index (χ1) is 7.13. The molecule has 0 aromatic rings. The molecule has 0 heterocycles. The molecule has 3 nitrogen and oxygen atoms in total. The van der Waals surface area contributed by atoms with Gasteiger partial charge in [-0.15, -0.1) is 0 Å². The Hall–Kier alpha value is -0.0900. The predicted molar refractivity (Wildman–Crippen MR) is 61.1 cm³/mol. The summed E-state index contributed by atoms with van der Waals surface area (Å²) >= 11 is 0. The summed E-state index contributed by atoms with van der Waals surface area (Å²) in [5.74, 6) is 1.74. The number of rotatable bonds is 3. The molecule has 0 aromatic carbocycles. The average molecular weight is 231 g/mol. The van der Waals surface area contributed by atoms with E-state index in [4.69, 9.17) is 0 Å². The van der Waals surface area contributed by atoms with E-state index in [0.29, 0.717) is 0 Å². The van der Waals surface area contributed by atoms with Crippen molar-refractivity contribution >= 4 is 10.0 Å². The minimum Gasteiger partial charge on any atom is -0.218 e. The van der Waals surface area contributed by atoms with Crippen molar-refractivity contribution in [1.29, 1.82) is 0 Å². The molecule has 15 heavy (non-hydrogen) atoms. The monoisotopic (exact) mass is 231 g/mol. The lowest BCUT2D eigenvalue weighted by Crippen LogP contribution is -2.36. The minimum atomic E-state index is -3.01. The Morgan fingerprint density at radius 1 is 0.933 bits per heavy atom. The van der Waals surface area contributed by atoms with Gasteiger partial charge in [0.25, 0.3) is 0 Å². The van der Waals surface area contributed by atoms with Crippen LogP contribution in [-0.4, -0.2) is 20.7 Å². The smallest absolute Gasteiger partial charge is 0.214 e. The van der Waals surface area contributed by atoms with Crippen LogP contribution in [0.5, 0.6) is 0 Å². The van der Waals surface area contributed by atoms with Gasteiger partial charge >= 0.3 is 0 Å². The van der Waals surface area contributed by atoms with E-state index < -0.39 is 10.0 Å². The zero-order chi connectivity index (χ0) is 10.9. The molecule has 0 bridgehead atoms. The molecule has 2 aliphatic rings. The molecular weight excluding hydrogens is 210 g/mol. The van der Waals surface area contributed by atoms with Crippen molar-refractivity contribution in [3.05, 3.63) is 0 Å². The number of nitrogens with one attached hydrogen (secondary N) is 1. The molecule has 1 N–H and O–H groups in total.